The van der Waals surface area contributed by atoms with Gasteiger partial charge in [-0.15, -0.1) is 0 Å². The fourth-order valence-electron chi connectivity index (χ4n) is 2.19. The minimum absolute atomic E-state index is 0.174. The van der Waals surface area contributed by atoms with Crippen LogP contribution in [0.5, 0.6) is 0 Å². The fraction of sp³-hybridized carbons (Fsp3) is 0.333. The molecule has 1 atom stereocenters. The zero-order valence-corrected chi connectivity index (χ0v) is 10.6. The summed E-state index contributed by atoms with van der Waals surface area (Å²) in [5, 5.41) is 9.46. The summed E-state index contributed by atoms with van der Waals surface area (Å²) in [7, 11) is 0. The number of aromatic nitrogens is 4. The number of nitrogens with one attached hydrogen (secondary N) is 2. The molecule has 0 fully saturated rings. The van der Waals surface area contributed by atoms with E-state index >= 15 is 0 Å². The Balaban J connectivity index is 1.64. The highest BCUT2D eigenvalue weighted by atomic mass is 19.1. The van der Waals surface area contributed by atoms with Crippen molar-refractivity contribution in [1.29, 1.82) is 0 Å². The number of carbonyl (C=O) groups is 1. The molecular formula is C12H13FN6O. The van der Waals surface area contributed by atoms with Gasteiger partial charge in [0.05, 0.1) is 12.2 Å². The summed E-state index contributed by atoms with van der Waals surface area (Å²) in [5.41, 5.74) is 0. The Morgan fingerprint density at radius 3 is 3.10 bits per heavy atom. The highest BCUT2D eigenvalue weighted by Gasteiger charge is 2.23. The largest absolute Gasteiger partial charge is 0.328 e. The van der Waals surface area contributed by atoms with Crippen LogP contribution in [0, 0.1) is 5.82 Å². The van der Waals surface area contributed by atoms with E-state index < -0.39 is 11.8 Å². The van der Waals surface area contributed by atoms with Gasteiger partial charge in [-0.1, -0.05) is 0 Å². The number of anilines is 1. The van der Waals surface area contributed by atoms with Crippen LogP contribution in [0.4, 0.5) is 15.0 Å². The van der Waals surface area contributed by atoms with Crippen molar-refractivity contribution in [2.75, 3.05) is 5.32 Å². The second-order valence-corrected chi connectivity index (χ2v) is 4.50. The third-order valence-corrected chi connectivity index (χ3v) is 3.09. The highest BCUT2D eigenvalue weighted by molar-refractivity contribution is 5.88. The van der Waals surface area contributed by atoms with E-state index in [0.29, 0.717) is 5.82 Å². The Kier molecular flexibility index (Phi) is 3.28. The quantitative estimate of drug-likeness (QED) is 0.869. The van der Waals surface area contributed by atoms with Crippen molar-refractivity contribution in [3.05, 3.63) is 36.3 Å². The summed E-state index contributed by atoms with van der Waals surface area (Å²) in [6, 6.07) is 2.07. The average molecular weight is 276 g/mol. The van der Waals surface area contributed by atoms with E-state index in [9.17, 15) is 9.18 Å². The van der Waals surface area contributed by atoms with Gasteiger partial charge >= 0.3 is 6.03 Å². The van der Waals surface area contributed by atoms with E-state index in [-0.39, 0.29) is 6.04 Å². The van der Waals surface area contributed by atoms with Crippen molar-refractivity contribution >= 4 is 11.8 Å². The van der Waals surface area contributed by atoms with Gasteiger partial charge in [-0.05, 0) is 25.0 Å². The van der Waals surface area contributed by atoms with Gasteiger partial charge in [0.2, 0.25) is 0 Å². The lowest BCUT2D eigenvalue weighted by molar-refractivity contribution is 0.244. The van der Waals surface area contributed by atoms with Crippen LogP contribution in [0.15, 0.2) is 24.7 Å². The van der Waals surface area contributed by atoms with E-state index in [1.165, 1.54) is 18.5 Å². The lowest BCUT2D eigenvalue weighted by Gasteiger charge is -2.23. The van der Waals surface area contributed by atoms with E-state index in [4.69, 9.17) is 0 Å². The first-order chi connectivity index (χ1) is 9.72. The summed E-state index contributed by atoms with van der Waals surface area (Å²) < 4.78 is 14.5. The van der Waals surface area contributed by atoms with Gasteiger partial charge in [0.1, 0.15) is 23.8 Å². The molecule has 0 radical (unpaired) electrons. The van der Waals surface area contributed by atoms with Crippen molar-refractivity contribution in [3.8, 4) is 0 Å². The topological polar surface area (TPSA) is 84.7 Å². The Bertz CT molecular complexity index is 611. The van der Waals surface area contributed by atoms with Crippen molar-refractivity contribution in [2.24, 2.45) is 0 Å². The molecule has 0 bridgehead atoms. The number of aryl methyl sites for hydroxylation is 1. The summed E-state index contributed by atoms with van der Waals surface area (Å²) >= 11 is 0. The number of hydrogen-bond donors (Lipinski definition) is 2. The maximum atomic E-state index is 12.7. The van der Waals surface area contributed by atoms with Crippen LogP contribution < -0.4 is 10.6 Å². The number of fused-ring (bicyclic) bond motifs is 1. The molecule has 7 nitrogen and oxygen atoms in total. The van der Waals surface area contributed by atoms with Gasteiger partial charge in [-0.25, -0.2) is 23.8 Å². The molecule has 1 aliphatic rings. The van der Waals surface area contributed by atoms with Crippen LogP contribution in [0.3, 0.4) is 0 Å². The summed E-state index contributed by atoms with van der Waals surface area (Å²) in [4.78, 5) is 19.8. The number of pyridine rings is 1. The summed E-state index contributed by atoms with van der Waals surface area (Å²) in [6.07, 6.45) is 4.26. The SMILES string of the molecule is O=C(Nc1ccc(F)cn1)N[C@H]1CCCn2ncnc21. The molecule has 2 amide bonds. The van der Waals surface area contributed by atoms with E-state index in [1.54, 1.807) is 4.68 Å². The monoisotopic (exact) mass is 276 g/mol. The number of carbonyl (C=O) groups excluding carboxylic acids is 1. The predicted octanol–water partition coefficient (Wildman–Crippen LogP) is 1.47. The molecular weight excluding hydrogens is 263 g/mol. The zero-order chi connectivity index (χ0) is 13.9. The number of amides is 2. The highest BCUT2D eigenvalue weighted by Crippen LogP contribution is 2.21. The first-order valence-electron chi connectivity index (χ1n) is 6.29. The molecule has 0 saturated heterocycles. The van der Waals surface area contributed by atoms with Crippen LogP contribution in [-0.4, -0.2) is 25.8 Å². The Morgan fingerprint density at radius 2 is 2.30 bits per heavy atom. The number of urea groups is 1. The van der Waals surface area contributed by atoms with Crippen LogP contribution >= 0.6 is 0 Å². The van der Waals surface area contributed by atoms with Gasteiger partial charge in [-0.2, -0.15) is 5.10 Å². The van der Waals surface area contributed by atoms with Crippen molar-refractivity contribution < 1.29 is 9.18 Å². The standard InChI is InChI=1S/C12H13FN6O/c13-8-3-4-10(14-6-8)18-12(20)17-9-2-1-5-19-11(9)15-7-16-19/h3-4,6-7,9H,1-2,5H2,(H2,14,17,18,20)/t9-/m0/s1. The molecule has 0 aliphatic carbocycles. The van der Waals surface area contributed by atoms with E-state index in [0.717, 1.165) is 31.4 Å². The van der Waals surface area contributed by atoms with Gasteiger partial charge in [0.15, 0.2) is 0 Å². The molecule has 0 spiro atoms. The molecule has 0 unspecified atom stereocenters. The second kappa shape index (κ2) is 5.24. The van der Waals surface area contributed by atoms with Gasteiger partial charge < -0.3 is 5.32 Å². The van der Waals surface area contributed by atoms with Gasteiger partial charge in [-0.3, -0.25) is 5.32 Å². The van der Waals surface area contributed by atoms with Gasteiger partial charge in [0, 0.05) is 6.54 Å². The molecule has 20 heavy (non-hydrogen) atoms. The Hall–Kier alpha value is -2.51. The maximum Gasteiger partial charge on any atom is 0.320 e. The van der Waals surface area contributed by atoms with Crippen molar-refractivity contribution in [1.82, 2.24) is 25.1 Å². The molecule has 1 aliphatic heterocycles. The smallest absolute Gasteiger partial charge is 0.320 e. The number of rotatable bonds is 2. The van der Waals surface area contributed by atoms with Gasteiger partial charge in [0.25, 0.3) is 0 Å². The van der Waals surface area contributed by atoms with Crippen LogP contribution in [0.1, 0.15) is 24.7 Å². The third kappa shape index (κ3) is 2.58. The normalized spacial score (nSPS) is 17.4. The maximum absolute atomic E-state index is 12.7. The van der Waals surface area contributed by atoms with E-state index in [1.807, 2.05) is 0 Å². The number of nitrogens with zero attached hydrogens (tertiary/aromatic N) is 4. The second-order valence-electron chi connectivity index (χ2n) is 4.50. The number of halogens is 1. The van der Waals surface area contributed by atoms with Crippen molar-refractivity contribution in [3.63, 3.8) is 0 Å². The molecule has 0 saturated carbocycles. The fourth-order valence-corrected chi connectivity index (χ4v) is 2.19. The van der Waals surface area contributed by atoms with Crippen molar-refractivity contribution in [2.45, 2.75) is 25.4 Å². The minimum Gasteiger partial charge on any atom is -0.328 e. The third-order valence-electron chi connectivity index (χ3n) is 3.09. The molecule has 0 aromatic carbocycles. The minimum atomic E-state index is -0.448. The molecule has 3 rings (SSSR count). The lowest BCUT2D eigenvalue weighted by Crippen LogP contribution is -2.36. The molecule has 3 heterocycles. The average Bonchev–Trinajstić information content (AvgIpc) is 2.91. The number of hydrogen-bond acceptors (Lipinski definition) is 4. The van der Waals surface area contributed by atoms with Crippen LogP contribution in [-0.2, 0) is 6.54 Å². The molecule has 104 valence electrons. The Morgan fingerprint density at radius 1 is 1.40 bits per heavy atom. The molecule has 8 heteroatoms. The lowest BCUT2D eigenvalue weighted by atomic mass is 10.1. The zero-order valence-electron chi connectivity index (χ0n) is 10.6. The van der Waals surface area contributed by atoms with Crippen LogP contribution in [0.2, 0.25) is 0 Å². The first kappa shape index (κ1) is 12.5. The van der Waals surface area contributed by atoms with Crippen LogP contribution in [0.25, 0.3) is 0 Å². The summed E-state index contributed by atoms with van der Waals surface area (Å²) in [5.74, 6) is 0.594. The first-order valence-corrected chi connectivity index (χ1v) is 6.29. The molecule has 2 aromatic heterocycles. The summed E-state index contributed by atoms with van der Waals surface area (Å²) in [6.45, 7) is 0.814. The Labute approximate surface area is 114 Å². The van der Waals surface area contributed by atoms with E-state index in [2.05, 4.69) is 25.7 Å². The molecule has 2 N–H and O–H groups in total. The predicted molar refractivity (Wildman–Crippen MR) is 68.3 cm³/mol. The molecule has 2 aromatic rings.